The number of carbonyl (C=O) groups is 1. The third-order valence-electron chi connectivity index (χ3n) is 3.41. The quantitative estimate of drug-likeness (QED) is 0.651. The summed E-state index contributed by atoms with van der Waals surface area (Å²) in [5.74, 6) is 0.432. The molecule has 3 aromatic rings. The smallest absolute Gasteiger partial charge is 0.228 e. The number of H-pyrrole nitrogens is 1. The van der Waals surface area contributed by atoms with Crippen LogP contribution in [0.3, 0.4) is 0 Å². The minimum atomic E-state index is -0.130. The van der Waals surface area contributed by atoms with Crippen LogP contribution in [0, 0.1) is 5.92 Å². The molecule has 0 aliphatic carbocycles. The van der Waals surface area contributed by atoms with Crippen molar-refractivity contribution in [1.29, 1.82) is 0 Å². The zero-order valence-electron chi connectivity index (χ0n) is 12.6. The Balaban J connectivity index is 2.03. The zero-order valence-corrected chi connectivity index (χ0v) is 14.2. The van der Waals surface area contributed by atoms with E-state index in [-0.39, 0.29) is 17.6 Å². The van der Waals surface area contributed by atoms with Gasteiger partial charge in [0, 0.05) is 16.0 Å². The first-order valence-corrected chi connectivity index (χ1v) is 7.90. The van der Waals surface area contributed by atoms with Crippen LogP contribution in [0.1, 0.15) is 13.8 Å². The lowest BCUT2D eigenvalue weighted by atomic mass is 10.1. The van der Waals surface area contributed by atoms with Crippen LogP contribution in [0.4, 0.5) is 5.82 Å². The van der Waals surface area contributed by atoms with Crippen molar-refractivity contribution < 1.29 is 9.90 Å². The van der Waals surface area contributed by atoms with Crippen LogP contribution in [-0.4, -0.2) is 26.2 Å². The van der Waals surface area contributed by atoms with Crippen molar-refractivity contribution in [1.82, 2.24) is 15.2 Å². The third-order valence-corrected chi connectivity index (χ3v) is 4.02. The van der Waals surface area contributed by atoms with Crippen molar-refractivity contribution in [3.63, 3.8) is 0 Å². The van der Waals surface area contributed by atoms with Gasteiger partial charge in [0.05, 0.1) is 11.1 Å². The van der Waals surface area contributed by atoms with E-state index in [1.54, 1.807) is 24.3 Å². The van der Waals surface area contributed by atoms with E-state index >= 15 is 0 Å². The Morgan fingerprint density at radius 1 is 1.30 bits per heavy atom. The number of aromatic hydroxyl groups is 1. The molecule has 0 bridgehead atoms. The van der Waals surface area contributed by atoms with Gasteiger partial charge in [0.2, 0.25) is 5.91 Å². The Morgan fingerprint density at radius 2 is 2.00 bits per heavy atom. The maximum atomic E-state index is 11.8. The number of anilines is 1. The number of hydrogen-bond acceptors (Lipinski definition) is 4. The molecule has 3 rings (SSSR count). The van der Waals surface area contributed by atoms with E-state index in [0.29, 0.717) is 11.5 Å². The third kappa shape index (κ3) is 3.05. The molecule has 2 heterocycles. The summed E-state index contributed by atoms with van der Waals surface area (Å²) in [6, 6.07) is 8.64. The fraction of sp³-hybridized carbons (Fsp3) is 0.188. The van der Waals surface area contributed by atoms with Crippen LogP contribution in [0.15, 0.2) is 34.8 Å². The van der Waals surface area contributed by atoms with Gasteiger partial charge in [-0.1, -0.05) is 13.8 Å². The molecule has 1 aromatic carbocycles. The van der Waals surface area contributed by atoms with E-state index in [9.17, 15) is 9.90 Å². The number of fused-ring (bicyclic) bond motifs is 1. The lowest BCUT2D eigenvalue weighted by Gasteiger charge is -2.06. The molecule has 0 spiro atoms. The van der Waals surface area contributed by atoms with Crippen LogP contribution >= 0.6 is 15.9 Å². The van der Waals surface area contributed by atoms with Gasteiger partial charge in [-0.25, -0.2) is 4.98 Å². The highest BCUT2D eigenvalue weighted by molar-refractivity contribution is 9.10. The molecule has 0 aliphatic heterocycles. The van der Waals surface area contributed by atoms with Gasteiger partial charge in [-0.15, -0.1) is 0 Å². The van der Waals surface area contributed by atoms with Crippen molar-refractivity contribution in [2.75, 3.05) is 5.32 Å². The number of aromatic amines is 1. The maximum absolute atomic E-state index is 11.8. The Morgan fingerprint density at radius 3 is 2.65 bits per heavy atom. The van der Waals surface area contributed by atoms with Gasteiger partial charge in [-0.05, 0) is 46.3 Å². The van der Waals surface area contributed by atoms with E-state index in [1.807, 2.05) is 19.9 Å². The monoisotopic (exact) mass is 374 g/mol. The molecule has 0 aliphatic rings. The Hall–Kier alpha value is -2.41. The summed E-state index contributed by atoms with van der Waals surface area (Å²) in [7, 11) is 0. The number of phenols is 1. The standard InChI is InChI=1S/C16H15BrN4O2/c1-8(2)16(23)19-15-11-7-12(17)13(18-14(11)20-21-15)9-3-5-10(22)6-4-9/h3-8,22H,1-2H3,(H2,18,19,20,21,23). The second-order valence-corrected chi connectivity index (χ2v) is 6.33. The van der Waals surface area contributed by atoms with Crippen LogP contribution in [0.5, 0.6) is 5.75 Å². The molecule has 0 saturated heterocycles. The number of carbonyl (C=O) groups excluding carboxylic acids is 1. The summed E-state index contributed by atoms with van der Waals surface area (Å²) in [5.41, 5.74) is 2.16. The lowest BCUT2D eigenvalue weighted by Crippen LogP contribution is -2.18. The van der Waals surface area contributed by atoms with Crippen molar-refractivity contribution >= 4 is 38.7 Å². The number of rotatable bonds is 3. The van der Waals surface area contributed by atoms with Gasteiger partial charge in [-0.2, -0.15) is 5.10 Å². The SMILES string of the molecule is CC(C)C(=O)Nc1n[nH]c2nc(-c3ccc(O)cc3)c(Br)cc12. The summed E-state index contributed by atoms with van der Waals surface area (Å²) in [4.78, 5) is 16.4. The van der Waals surface area contributed by atoms with Crippen LogP contribution < -0.4 is 5.32 Å². The number of nitrogens with one attached hydrogen (secondary N) is 2. The number of benzene rings is 1. The first-order valence-electron chi connectivity index (χ1n) is 7.10. The minimum Gasteiger partial charge on any atom is -0.508 e. The Kier molecular flexibility index (Phi) is 4.04. The molecule has 118 valence electrons. The van der Waals surface area contributed by atoms with Crippen molar-refractivity contribution in [2.45, 2.75) is 13.8 Å². The highest BCUT2D eigenvalue weighted by atomic mass is 79.9. The van der Waals surface area contributed by atoms with E-state index < -0.39 is 0 Å². The largest absolute Gasteiger partial charge is 0.508 e. The predicted octanol–water partition coefficient (Wildman–Crippen LogP) is 3.69. The number of halogens is 1. The van der Waals surface area contributed by atoms with Gasteiger partial charge in [0.25, 0.3) is 0 Å². The molecule has 3 N–H and O–H groups in total. The maximum Gasteiger partial charge on any atom is 0.228 e. The second kappa shape index (κ2) is 6.00. The fourth-order valence-corrected chi connectivity index (χ4v) is 2.65. The minimum absolute atomic E-state index is 0.0999. The average molecular weight is 375 g/mol. The van der Waals surface area contributed by atoms with Crippen molar-refractivity contribution in [3.05, 3.63) is 34.8 Å². The second-order valence-electron chi connectivity index (χ2n) is 5.48. The van der Waals surface area contributed by atoms with E-state index in [2.05, 4.69) is 36.4 Å². The summed E-state index contributed by atoms with van der Waals surface area (Å²) >= 11 is 3.51. The van der Waals surface area contributed by atoms with Gasteiger partial charge < -0.3 is 10.4 Å². The van der Waals surface area contributed by atoms with Crippen molar-refractivity contribution in [3.8, 4) is 17.0 Å². The number of nitrogens with zero attached hydrogens (tertiary/aromatic N) is 2. The number of aromatic nitrogens is 3. The molecule has 0 radical (unpaired) electrons. The normalized spacial score (nSPS) is 11.1. The lowest BCUT2D eigenvalue weighted by molar-refractivity contribution is -0.118. The number of phenolic OH excluding ortho intramolecular Hbond substituents is 1. The Labute approximate surface area is 141 Å². The number of amides is 1. The van der Waals surface area contributed by atoms with Crippen LogP contribution in [0.2, 0.25) is 0 Å². The molecular formula is C16H15BrN4O2. The highest BCUT2D eigenvalue weighted by Gasteiger charge is 2.15. The topological polar surface area (TPSA) is 90.9 Å². The number of hydrogen-bond donors (Lipinski definition) is 3. The zero-order chi connectivity index (χ0) is 16.6. The van der Waals surface area contributed by atoms with E-state index in [0.717, 1.165) is 21.1 Å². The van der Waals surface area contributed by atoms with Crippen molar-refractivity contribution in [2.24, 2.45) is 5.92 Å². The molecular weight excluding hydrogens is 360 g/mol. The highest BCUT2D eigenvalue weighted by Crippen LogP contribution is 2.32. The number of pyridine rings is 1. The van der Waals surface area contributed by atoms with Gasteiger partial charge in [0.15, 0.2) is 11.5 Å². The van der Waals surface area contributed by atoms with Gasteiger partial charge >= 0.3 is 0 Å². The molecule has 0 saturated carbocycles. The first-order chi connectivity index (χ1) is 11.0. The predicted molar refractivity (Wildman–Crippen MR) is 92.2 cm³/mol. The summed E-state index contributed by atoms with van der Waals surface area (Å²) in [6.45, 7) is 3.64. The molecule has 0 fully saturated rings. The molecule has 7 heteroatoms. The summed E-state index contributed by atoms with van der Waals surface area (Å²) < 4.78 is 0.775. The van der Waals surface area contributed by atoms with E-state index in [4.69, 9.17) is 0 Å². The Bertz CT molecular complexity index is 872. The van der Waals surface area contributed by atoms with E-state index in [1.165, 1.54) is 0 Å². The molecule has 6 nitrogen and oxygen atoms in total. The molecule has 1 amide bonds. The molecule has 2 aromatic heterocycles. The van der Waals surface area contributed by atoms with Crippen LogP contribution in [0.25, 0.3) is 22.3 Å². The van der Waals surface area contributed by atoms with Gasteiger partial charge in [-0.3, -0.25) is 9.89 Å². The average Bonchev–Trinajstić information content (AvgIpc) is 2.89. The molecule has 23 heavy (non-hydrogen) atoms. The molecule has 0 unspecified atom stereocenters. The summed E-state index contributed by atoms with van der Waals surface area (Å²) in [5, 5.41) is 19.9. The fourth-order valence-electron chi connectivity index (χ4n) is 2.10. The first kappa shape index (κ1) is 15.5. The van der Waals surface area contributed by atoms with Crippen LogP contribution in [-0.2, 0) is 4.79 Å². The summed E-state index contributed by atoms with van der Waals surface area (Å²) in [6.07, 6.45) is 0. The van der Waals surface area contributed by atoms with Gasteiger partial charge in [0.1, 0.15) is 5.75 Å². The molecule has 0 atom stereocenters.